The first-order valence-electron chi connectivity index (χ1n) is 6.29. The molecule has 0 bridgehead atoms. The zero-order valence-electron chi connectivity index (χ0n) is 10.7. The van der Waals surface area contributed by atoms with E-state index in [4.69, 9.17) is 16.3 Å². The molecule has 1 fully saturated rings. The Morgan fingerprint density at radius 3 is 2.83 bits per heavy atom. The SMILES string of the molecule is CCCCc1cc(OCN2CCC2)cnc1Cl.Cl. The van der Waals surface area contributed by atoms with Crippen molar-refractivity contribution in [3.8, 4) is 5.75 Å². The number of likely N-dealkylation sites (tertiary alicyclic amines) is 1. The first-order valence-corrected chi connectivity index (χ1v) is 6.67. The molecule has 0 amide bonds. The smallest absolute Gasteiger partial charge is 0.142 e. The van der Waals surface area contributed by atoms with E-state index in [9.17, 15) is 0 Å². The van der Waals surface area contributed by atoms with Crippen LogP contribution in [0.15, 0.2) is 12.3 Å². The summed E-state index contributed by atoms with van der Waals surface area (Å²) in [6.45, 7) is 5.12. The summed E-state index contributed by atoms with van der Waals surface area (Å²) < 4.78 is 5.69. The van der Waals surface area contributed by atoms with Crippen LogP contribution >= 0.6 is 24.0 Å². The third-order valence-electron chi connectivity index (χ3n) is 3.05. The van der Waals surface area contributed by atoms with Crippen molar-refractivity contribution in [1.82, 2.24) is 9.88 Å². The molecule has 1 aliphatic heterocycles. The molecule has 0 aliphatic carbocycles. The van der Waals surface area contributed by atoms with Crippen LogP contribution in [0.25, 0.3) is 0 Å². The van der Waals surface area contributed by atoms with E-state index in [0.717, 1.165) is 43.7 Å². The standard InChI is InChI=1S/C13H19ClN2O.ClH/c1-2-3-5-11-8-12(9-15-13(11)14)17-10-16-6-4-7-16;/h8-9H,2-7,10H2,1H3;1H. The summed E-state index contributed by atoms with van der Waals surface area (Å²) >= 11 is 6.06. The van der Waals surface area contributed by atoms with Gasteiger partial charge in [0.25, 0.3) is 0 Å². The third-order valence-corrected chi connectivity index (χ3v) is 3.39. The number of hydrogen-bond acceptors (Lipinski definition) is 3. The van der Waals surface area contributed by atoms with Crippen molar-refractivity contribution in [1.29, 1.82) is 0 Å². The summed E-state index contributed by atoms with van der Waals surface area (Å²) in [4.78, 5) is 6.44. The minimum atomic E-state index is 0. The fraction of sp³-hybridized carbons (Fsp3) is 0.615. The van der Waals surface area contributed by atoms with Gasteiger partial charge >= 0.3 is 0 Å². The minimum absolute atomic E-state index is 0. The van der Waals surface area contributed by atoms with Crippen LogP contribution in [0.3, 0.4) is 0 Å². The first kappa shape index (κ1) is 15.5. The lowest BCUT2D eigenvalue weighted by atomic mass is 10.1. The van der Waals surface area contributed by atoms with Crippen LogP contribution < -0.4 is 4.74 Å². The summed E-state index contributed by atoms with van der Waals surface area (Å²) in [6, 6.07) is 2.02. The molecule has 0 unspecified atom stereocenters. The topological polar surface area (TPSA) is 25.4 Å². The fourth-order valence-corrected chi connectivity index (χ4v) is 1.97. The van der Waals surface area contributed by atoms with Crippen molar-refractivity contribution < 1.29 is 4.74 Å². The first-order chi connectivity index (χ1) is 8.29. The molecule has 0 radical (unpaired) electrons. The van der Waals surface area contributed by atoms with E-state index >= 15 is 0 Å². The predicted octanol–water partition coefficient (Wildman–Crippen LogP) is 3.54. The van der Waals surface area contributed by atoms with Gasteiger partial charge in [-0.15, -0.1) is 12.4 Å². The molecule has 1 aliphatic rings. The van der Waals surface area contributed by atoms with Gasteiger partial charge < -0.3 is 4.74 Å². The van der Waals surface area contributed by atoms with Gasteiger partial charge in [-0.3, -0.25) is 4.90 Å². The second kappa shape index (κ2) is 7.82. The molecule has 2 heterocycles. The Balaban J connectivity index is 0.00000162. The Labute approximate surface area is 120 Å². The number of nitrogens with zero attached hydrogens (tertiary/aromatic N) is 2. The molecule has 0 atom stereocenters. The van der Waals surface area contributed by atoms with Crippen LogP contribution in [-0.4, -0.2) is 29.7 Å². The molecule has 102 valence electrons. The van der Waals surface area contributed by atoms with Crippen LogP contribution in [0, 0.1) is 0 Å². The largest absolute Gasteiger partial charge is 0.477 e. The summed E-state index contributed by atoms with van der Waals surface area (Å²) in [5, 5.41) is 0.606. The molecule has 1 saturated heterocycles. The molecule has 1 aromatic rings. The number of pyridine rings is 1. The number of halogens is 2. The Morgan fingerprint density at radius 1 is 1.44 bits per heavy atom. The molecular weight excluding hydrogens is 271 g/mol. The van der Waals surface area contributed by atoms with Crippen LogP contribution in [0.4, 0.5) is 0 Å². The second-order valence-electron chi connectivity index (χ2n) is 4.47. The van der Waals surface area contributed by atoms with E-state index < -0.39 is 0 Å². The van der Waals surface area contributed by atoms with Gasteiger partial charge in [-0.2, -0.15) is 0 Å². The van der Waals surface area contributed by atoms with Gasteiger partial charge in [-0.1, -0.05) is 24.9 Å². The van der Waals surface area contributed by atoms with Gasteiger partial charge in [-0.05, 0) is 30.9 Å². The third kappa shape index (κ3) is 4.30. The van der Waals surface area contributed by atoms with Crippen molar-refractivity contribution in [2.75, 3.05) is 19.8 Å². The average Bonchev–Trinajstić information content (AvgIpc) is 2.27. The Hall–Kier alpha value is -0.510. The second-order valence-corrected chi connectivity index (χ2v) is 4.83. The zero-order valence-corrected chi connectivity index (χ0v) is 12.3. The Bertz CT molecular complexity index is 370. The van der Waals surface area contributed by atoms with Crippen molar-refractivity contribution >= 4 is 24.0 Å². The number of unbranched alkanes of at least 4 members (excludes halogenated alkanes) is 1. The lowest BCUT2D eigenvalue weighted by Crippen LogP contribution is -2.39. The van der Waals surface area contributed by atoms with Gasteiger partial charge in [-0.25, -0.2) is 4.98 Å². The minimum Gasteiger partial charge on any atom is -0.477 e. The number of hydrogen-bond donors (Lipinski definition) is 0. The number of ether oxygens (including phenoxy) is 1. The highest BCUT2D eigenvalue weighted by Gasteiger charge is 2.14. The molecule has 18 heavy (non-hydrogen) atoms. The van der Waals surface area contributed by atoms with Gasteiger partial charge in [0, 0.05) is 13.1 Å². The summed E-state index contributed by atoms with van der Waals surface area (Å²) in [6.07, 6.45) is 6.26. The molecular formula is C13H20Cl2N2O. The molecule has 3 nitrogen and oxygen atoms in total. The zero-order chi connectivity index (χ0) is 12.1. The highest BCUT2D eigenvalue weighted by molar-refractivity contribution is 6.30. The fourth-order valence-electron chi connectivity index (χ4n) is 1.77. The van der Waals surface area contributed by atoms with Crippen molar-refractivity contribution in [2.24, 2.45) is 0 Å². The van der Waals surface area contributed by atoms with Crippen LogP contribution in [0.1, 0.15) is 31.7 Å². The van der Waals surface area contributed by atoms with Gasteiger partial charge in [0.2, 0.25) is 0 Å². The highest BCUT2D eigenvalue weighted by atomic mass is 35.5. The number of aromatic nitrogens is 1. The maximum atomic E-state index is 6.06. The van der Waals surface area contributed by atoms with Crippen molar-refractivity contribution in [2.45, 2.75) is 32.6 Å². The van der Waals surface area contributed by atoms with Crippen LogP contribution in [0.5, 0.6) is 5.75 Å². The van der Waals surface area contributed by atoms with E-state index in [0.29, 0.717) is 11.9 Å². The number of rotatable bonds is 6. The van der Waals surface area contributed by atoms with Crippen LogP contribution in [0.2, 0.25) is 5.15 Å². The maximum absolute atomic E-state index is 6.06. The summed E-state index contributed by atoms with van der Waals surface area (Å²) in [7, 11) is 0. The van der Waals surface area contributed by atoms with E-state index in [1.54, 1.807) is 6.20 Å². The van der Waals surface area contributed by atoms with Gasteiger partial charge in [0.1, 0.15) is 17.6 Å². The Morgan fingerprint density at radius 2 is 2.22 bits per heavy atom. The molecule has 0 saturated carbocycles. The van der Waals surface area contributed by atoms with Crippen molar-refractivity contribution in [3.05, 3.63) is 23.0 Å². The van der Waals surface area contributed by atoms with Crippen molar-refractivity contribution in [3.63, 3.8) is 0 Å². The maximum Gasteiger partial charge on any atom is 0.142 e. The van der Waals surface area contributed by atoms with E-state index in [-0.39, 0.29) is 12.4 Å². The lowest BCUT2D eigenvalue weighted by Gasteiger charge is -2.30. The monoisotopic (exact) mass is 290 g/mol. The summed E-state index contributed by atoms with van der Waals surface area (Å²) in [5.41, 5.74) is 1.09. The molecule has 0 aromatic carbocycles. The molecule has 0 spiro atoms. The van der Waals surface area contributed by atoms with E-state index in [1.165, 1.54) is 6.42 Å². The number of aryl methyl sites for hydroxylation is 1. The van der Waals surface area contributed by atoms with Gasteiger partial charge in [0.15, 0.2) is 0 Å². The molecule has 2 rings (SSSR count). The van der Waals surface area contributed by atoms with E-state index in [1.807, 2.05) is 6.07 Å². The molecule has 1 aromatic heterocycles. The van der Waals surface area contributed by atoms with Crippen LogP contribution in [-0.2, 0) is 6.42 Å². The quantitative estimate of drug-likeness (QED) is 0.750. The molecule has 0 N–H and O–H groups in total. The predicted molar refractivity (Wildman–Crippen MR) is 76.8 cm³/mol. The summed E-state index contributed by atoms with van der Waals surface area (Å²) in [5.74, 6) is 0.826. The lowest BCUT2D eigenvalue weighted by molar-refractivity contribution is 0.0728. The molecule has 5 heteroatoms. The van der Waals surface area contributed by atoms with Gasteiger partial charge in [0.05, 0.1) is 6.20 Å². The van der Waals surface area contributed by atoms with E-state index in [2.05, 4.69) is 16.8 Å². The highest BCUT2D eigenvalue weighted by Crippen LogP contribution is 2.21. The Kier molecular flexibility index (Phi) is 6.76. The average molecular weight is 291 g/mol. The normalized spacial score (nSPS) is 14.8.